The summed E-state index contributed by atoms with van der Waals surface area (Å²) < 4.78 is 0. The molecule has 0 fully saturated rings. The molecule has 0 aliphatic heterocycles. The Morgan fingerprint density at radius 2 is 1.90 bits per heavy atom. The summed E-state index contributed by atoms with van der Waals surface area (Å²) in [5.41, 5.74) is 6.82. The van der Waals surface area contributed by atoms with Crippen molar-refractivity contribution >= 4 is 11.6 Å². The van der Waals surface area contributed by atoms with Crippen LogP contribution in [0.2, 0.25) is 0 Å². The summed E-state index contributed by atoms with van der Waals surface area (Å²) in [5.74, 6) is -0.185. The molecular weight excluding hydrogens is 254 g/mol. The monoisotopic (exact) mass is 271 g/mol. The van der Waals surface area contributed by atoms with Crippen molar-refractivity contribution < 1.29 is 9.90 Å². The number of hydrazone groups is 1. The fraction of sp³-hybridized carbons (Fsp3) is 0.200. The summed E-state index contributed by atoms with van der Waals surface area (Å²) in [5, 5.41) is 13.3. The molecule has 5 nitrogen and oxygen atoms in total. The first kappa shape index (κ1) is 13.9. The van der Waals surface area contributed by atoms with Crippen LogP contribution in [0.25, 0.3) is 0 Å². The summed E-state index contributed by atoms with van der Waals surface area (Å²) >= 11 is 0. The third kappa shape index (κ3) is 2.88. The minimum atomic E-state index is -0.310. The van der Waals surface area contributed by atoms with Crippen molar-refractivity contribution in [1.82, 2.24) is 10.4 Å². The van der Waals surface area contributed by atoms with Gasteiger partial charge in [0.25, 0.3) is 5.91 Å². The van der Waals surface area contributed by atoms with Gasteiger partial charge < -0.3 is 10.1 Å². The zero-order valence-corrected chi connectivity index (χ0v) is 11.7. The van der Waals surface area contributed by atoms with E-state index in [1.807, 2.05) is 27.0 Å². The smallest absolute Gasteiger partial charge is 0.271 e. The van der Waals surface area contributed by atoms with Crippen LogP contribution in [0.5, 0.6) is 5.75 Å². The molecule has 0 aliphatic rings. The molecule has 2 aromatic rings. The van der Waals surface area contributed by atoms with Crippen LogP contribution in [0.1, 0.15) is 34.1 Å². The lowest BCUT2D eigenvalue weighted by molar-refractivity contribution is 0.0955. The van der Waals surface area contributed by atoms with Crippen molar-refractivity contribution in [1.29, 1.82) is 0 Å². The van der Waals surface area contributed by atoms with Crippen molar-refractivity contribution in [2.24, 2.45) is 5.10 Å². The highest BCUT2D eigenvalue weighted by Gasteiger charge is 2.09. The molecule has 20 heavy (non-hydrogen) atoms. The minimum absolute atomic E-state index is 0.125. The molecule has 1 amide bonds. The number of hydrogen-bond acceptors (Lipinski definition) is 3. The molecule has 1 heterocycles. The van der Waals surface area contributed by atoms with Gasteiger partial charge in [-0.15, -0.1) is 0 Å². The number of aromatic amines is 1. The van der Waals surface area contributed by atoms with Crippen molar-refractivity contribution in [3.63, 3.8) is 0 Å². The number of amides is 1. The molecule has 0 saturated carbocycles. The largest absolute Gasteiger partial charge is 0.508 e. The summed E-state index contributed by atoms with van der Waals surface area (Å²) in [7, 11) is 0. The Kier molecular flexibility index (Phi) is 3.89. The first-order valence-corrected chi connectivity index (χ1v) is 6.27. The molecule has 0 atom stereocenters. The summed E-state index contributed by atoms with van der Waals surface area (Å²) in [4.78, 5) is 15.0. The molecule has 104 valence electrons. The van der Waals surface area contributed by atoms with Gasteiger partial charge in [0.05, 0.1) is 5.71 Å². The number of phenolic OH excluding ortho intramolecular Hbond substituents is 1. The van der Waals surface area contributed by atoms with Crippen LogP contribution < -0.4 is 5.43 Å². The maximum atomic E-state index is 11.9. The molecule has 3 N–H and O–H groups in total. The van der Waals surface area contributed by atoms with Gasteiger partial charge in [-0.1, -0.05) is 0 Å². The number of phenols is 1. The van der Waals surface area contributed by atoms with Gasteiger partial charge in [0.2, 0.25) is 0 Å². The molecule has 1 aromatic carbocycles. The molecule has 0 unspecified atom stereocenters. The summed E-state index contributed by atoms with van der Waals surface area (Å²) in [6.45, 7) is 5.79. The van der Waals surface area contributed by atoms with E-state index < -0.39 is 0 Å². The average molecular weight is 271 g/mol. The zero-order valence-electron chi connectivity index (χ0n) is 11.7. The number of nitrogens with one attached hydrogen (secondary N) is 2. The number of aromatic nitrogens is 1. The van der Waals surface area contributed by atoms with Gasteiger partial charge in [-0.2, -0.15) is 5.10 Å². The lowest BCUT2D eigenvalue weighted by atomic mass is 10.1. The predicted molar refractivity (Wildman–Crippen MR) is 78.1 cm³/mol. The van der Waals surface area contributed by atoms with Gasteiger partial charge >= 0.3 is 0 Å². The molecule has 1 aromatic heterocycles. The van der Waals surface area contributed by atoms with Crippen LogP contribution in [0.4, 0.5) is 0 Å². The van der Waals surface area contributed by atoms with Gasteiger partial charge in [-0.25, -0.2) is 5.43 Å². The van der Waals surface area contributed by atoms with Gasteiger partial charge in [-0.05, 0) is 50.6 Å². The van der Waals surface area contributed by atoms with Crippen LogP contribution in [-0.4, -0.2) is 21.7 Å². The van der Waals surface area contributed by atoms with Crippen LogP contribution in [-0.2, 0) is 0 Å². The normalized spacial score (nSPS) is 11.4. The van der Waals surface area contributed by atoms with Crippen LogP contribution in [0, 0.1) is 13.8 Å². The highest BCUT2D eigenvalue weighted by atomic mass is 16.3. The fourth-order valence-corrected chi connectivity index (χ4v) is 2.08. The number of H-pyrrole nitrogens is 1. The quantitative estimate of drug-likeness (QED) is 0.592. The Balaban J connectivity index is 2.13. The summed E-state index contributed by atoms with van der Waals surface area (Å²) in [6, 6.07) is 6.02. The third-order valence-corrected chi connectivity index (χ3v) is 3.09. The van der Waals surface area contributed by atoms with E-state index in [1.54, 1.807) is 12.1 Å². The molecule has 2 rings (SSSR count). The Hall–Kier alpha value is -2.56. The molecule has 0 aliphatic carbocycles. The van der Waals surface area contributed by atoms with Crippen LogP contribution in [0.3, 0.4) is 0 Å². The standard InChI is InChI=1S/C15H17N3O2/c1-9-8-16-10(2)14(9)11(3)17-18-15(20)12-4-6-13(19)7-5-12/h4-8,16,19H,1-3H3,(H,18,20)/b17-11+. The fourth-order valence-electron chi connectivity index (χ4n) is 2.08. The highest BCUT2D eigenvalue weighted by Crippen LogP contribution is 2.13. The molecule has 0 saturated heterocycles. The predicted octanol–water partition coefficient (Wildman–Crippen LogP) is 2.49. The van der Waals surface area contributed by atoms with E-state index in [9.17, 15) is 9.90 Å². The van der Waals surface area contributed by atoms with Gasteiger partial charge in [0.1, 0.15) is 5.75 Å². The molecule has 0 spiro atoms. The molecular formula is C15H17N3O2. The molecule has 0 bridgehead atoms. The minimum Gasteiger partial charge on any atom is -0.508 e. The third-order valence-electron chi connectivity index (χ3n) is 3.09. The van der Waals surface area contributed by atoms with Gasteiger partial charge in [0, 0.05) is 23.0 Å². The summed E-state index contributed by atoms with van der Waals surface area (Å²) in [6.07, 6.45) is 1.91. The second-order valence-electron chi connectivity index (χ2n) is 4.66. The van der Waals surface area contributed by atoms with Gasteiger partial charge in [0.15, 0.2) is 0 Å². The highest BCUT2D eigenvalue weighted by molar-refractivity contribution is 6.02. The SMILES string of the molecule is C/C(=N\NC(=O)c1ccc(O)cc1)c1c(C)c[nH]c1C. The van der Waals surface area contributed by atoms with Crippen molar-refractivity contribution in [3.8, 4) is 5.75 Å². The number of aromatic hydroxyl groups is 1. The number of nitrogens with zero attached hydrogens (tertiary/aromatic N) is 1. The van der Waals surface area contributed by atoms with E-state index in [0.29, 0.717) is 5.56 Å². The number of rotatable bonds is 3. The van der Waals surface area contributed by atoms with E-state index >= 15 is 0 Å². The number of carbonyl (C=O) groups is 1. The van der Waals surface area contributed by atoms with E-state index in [1.165, 1.54) is 12.1 Å². The number of aryl methyl sites for hydroxylation is 2. The zero-order chi connectivity index (χ0) is 14.7. The van der Waals surface area contributed by atoms with E-state index in [0.717, 1.165) is 22.5 Å². The van der Waals surface area contributed by atoms with E-state index in [4.69, 9.17) is 0 Å². The number of hydrogen-bond donors (Lipinski definition) is 3. The van der Waals surface area contributed by atoms with Crippen molar-refractivity contribution in [2.75, 3.05) is 0 Å². The maximum absolute atomic E-state index is 11.9. The lowest BCUT2D eigenvalue weighted by Crippen LogP contribution is -2.19. The second-order valence-corrected chi connectivity index (χ2v) is 4.66. The Morgan fingerprint density at radius 3 is 2.45 bits per heavy atom. The maximum Gasteiger partial charge on any atom is 0.271 e. The number of benzene rings is 1. The van der Waals surface area contributed by atoms with E-state index in [-0.39, 0.29) is 11.7 Å². The van der Waals surface area contributed by atoms with Gasteiger partial charge in [-0.3, -0.25) is 4.79 Å². The van der Waals surface area contributed by atoms with Crippen LogP contribution in [0.15, 0.2) is 35.6 Å². The van der Waals surface area contributed by atoms with Crippen molar-refractivity contribution in [3.05, 3.63) is 52.8 Å². The lowest BCUT2D eigenvalue weighted by Gasteiger charge is -2.04. The first-order chi connectivity index (χ1) is 9.49. The molecule has 0 radical (unpaired) electrons. The first-order valence-electron chi connectivity index (χ1n) is 6.27. The van der Waals surface area contributed by atoms with Crippen LogP contribution >= 0.6 is 0 Å². The Morgan fingerprint density at radius 1 is 1.25 bits per heavy atom. The van der Waals surface area contributed by atoms with Crippen molar-refractivity contribution in [2.45, 2.75) is 20.8 Å². The Bertz CT molecular complexity index is 635. The van der Waals surface area contributed by atoms with E-state index in [2.05, 4.69) is 15.5 Å². The topological polar surface area (TPSA) is 77.5 Å². The molecule has 5 heteroatoms. The number of carbonyl (C=O) groups excluding carboxylic acids is 1. The second kappa shape index (κ2) is 5.61. The average Bonchev–Trinajstić information content (AvgIpc) is 2.76. The Labute approximate surface area is 117 Å².